The number of fused-ring (bicyclic) bond motifs is 1. The number of nitrogens with one attached hydrogen (secondary N) is 1. The van der Waals surface area contributed by atoms with Gasteiger partial charge in [0.2, 0.25) is 15.9 Å². The molecule has 3 unspecified atom stereocenters. The Hall–Kier alpha value is -5.07. The molecule has 0 aliphatic carbocycles. The summed E-state index contributed by atoms with van der Waals surface area (Å²) in [5.74, 6) is -0.729. The summed E-state index contributed by atoms with van der Waals surface area (Å²) >= 11 is 0. The molecule has 2 aliphatic rings. The highest BCUT2D eigenvalue weighted by molar-refractivity contribution is 7.89. The van der Waals surface area contributed by atoms with Crippen LogP contribution in [-0.2, 0) is 26.0 Å². The van der Waals surface area contributed by atoms with E-state index in [-0.39, 0.29) is 24.3 Å². The zero-order chi connectivity index (χ0) is 32.4. The van der Waals surface area contributed by atoms with Crippen molar-refractivity contribution in [1.82, 2.24) is 14.5 Å². The summed E-state index contributed by atoms with van der Waals surface area (Å²) in [5.41, 5.74) is 3.05. The van der Waals surface area contributed by atoms with Gasteiger partial charge in [-0.3, -0.25) is 14.4 Å². The van der Waals surface area contributed by atoms with Gasteiger partial charge >= 0.3 is 0 Å². The number of Topliss-reactive ketones (excluding diaryl/α,β-unsaturated/α-hetero) is 1. The number of aromatic nitrogens is 1. The lowest BCUT2D eigenvalue weighted by atomic mass is 10.0. The highest BCUT2D eigenvalue weighted by Crippen LogP contribution is 2.34. The van der Waals surface area contributed by atoms with E-state index in [0.29, 0.717) is 16.0 Å². The second-order valence-corrected chi connectivity index (χ2v) is 13.2. The molecule has 0 spiro atoms. The predicted molar refractivity (Wildman–Crippen MR) is 168 cm³/mol. The SMILES string of the molecule is COc1ccc(CC(NC(=O)c2ccc(-c3ccccc3)cc2)C(=O)N2CCC3C2C(=O)CN3S(=O)(=O)c2ccc[n+]([O-])c2)cc1. The normalized spacial score (nSPS) is 18.6. The van der Waals surface area contributed by atoms with Gasteiger partial charge in [0.15, 0.2) is 18.2 Å². The first kappa shape index (κ1) is 30.9. The maximum absolute atomic E-state index is 14.2. The second-order valence-electron chi connectivity index (χ2n) is 11.3. The van der Waals surface area contributed by atoms with Crippen LogP contribution in [0.5, 0.6) is 5.75 Å². The van der Waals surface area contributed by atoms with Gasteiger partial charge in [0.25, 0.3) is 5.91 Å². The van der Waals surface area contributed by atoms with E-state index in [9.17, 15) is 28.0 Å². The molecule has 12 heteroatoms. The maximum Gasteiger partial charge on any atom is 0.251 e. The highest BCUT2D eigenvalue weighted by Gasteiger charge is 2.54. The topological polar surface area (TPSA) is 140 Å². The quantitative estimate of drug-likeness (QED) is 0.219. The molecule has 2 fully saturated rings. The van der Waals surface area contributed by atoms with Crippen molar-refractivity contribution in [3.63, 3.8) is 0 Å². The van der Waals surface area contributed by atoms with Crippen molar-refractivity contribution in [2.45, 2.75) is 35.9 Å². The third kappa shape index (κ3) is 6.09. The maximum atomic E-state index is 14.2. The molecule has 1 aromatic heterocycles. The number of hydrogen-bond acceptors (Lipinski definition) is 7. The molecule has 2 aliphatic heterocycles. The van der Waals surface area contributed by atoms with Gasteiger partial charge in [0, 0.05) is 24.6 Å². The lowest BCUT2D eigenvalue weighted by Crippen LogP contribution is -2.53. The van der Waals surface area contributed by atoms with Gasteiger partial charge in [-0.1, -0.05) is 54.6 Å². The summed E-state index contributed by atoms with van der Waals surface area (Å²) in [6, 6.07) is 23.7. The molecule has 2 saturated heterocycles. The number of rotatable bonds is 9. The fourth-order valence-corrected chi connectivity index (χ4v) is 7.78. The van der Waals surface area contributed by atoms with Crippen molar-refractivity contribution in [3.8, 4) is 16.9 Å². The van der Waals surface area contributed by atoms with Crippen molar-refractivity contribution in [2.75, 3.05) is 20.2 Å². The monoisotopic (exact) mass is 640 g/mol. The molecule has 236 valence electrons. The van der Waals surface area contributed by atoms with Crippen LogP contribution in [0.3, 0.4) is 0 Å². The fourth-order valence-electron chi connectivity index (χ4n) is 6.15. The Morgan fingerprint density at radius 3 is 2.35 bits per heavy atom. The average molecular weight is 641 g/mol. The summed E-state index contributed by atoms with van der Waals surface area (Å²) in [7, 11) is -2.63. The van der Waals surface area contributed by atoms with Crippen LogP contribution in [0, 0.1) is 5.21 Å². The number of likely N-dealkylation sites (tertiary alicyclic amines) is 1. The number of carbonyl (C=O) groups is 3. The smallest absolute Gasteiger partial charge is 0.251 e. The molecule has 11 nitrogen and oxygen atoms in total. The first-order valence-electron chi connectivity index (χ1n) is 14.8. The number of carbonyl (C=O) groups excluding carboxylic acids is 3. The Balaban J connectivity index is 1.24. The molecule has 0 saturated carbocycles. The molecule has 6 rings (SSSR count). The van der Waals surface area contributed by atoms with Crippen molar-refractivity contribution < 1.29 is 32.3 Å². The first-order valence-corrected chi connectivity index (χ1v) is 16.2. The third-order valence-corrected chi connectivity index (χ3v) is 10.3. The molecule has 0 bridgehead atoms. The van der Waals surface area contributed by atoms with Crippen LogP contribution in [0.15, 0.2) is 108 Å². The van der Waals surface area contributed by atoms with Gasteiger partial charge in [-0.15, -0.1) is 0 Å². The number of ketones is 1. The number of pyridine rings is 1. The molecular weight excluding hydrogens is 608 g/mol. The number of nitrogens with zero attached hydrogens (tertiary/aromatic N) is 3. The highest BCUT2D eigenvalue weighted by atomic mass is 32.2. The van der Waals surface area contributed by atoms with E-state index < -0.39 is 52.3 Å². The van der Waals surface area contributed by atoms with Crippen LogP contribution in [0.1, 0.15) is 22.3 Å². The summed E-state index contributed by atoms with van der Waals surface area (Å²) in [5, 5.41) is 14.7. The van der Waals surface area contributed by atoms with E-state index in [1.165, 1.54) is 23.2 Å². The standard InChI is InChI=1S/C34H32N4O7S/c1-45-27-15-9-23(10-16-27)20-29(35-33(40)26-13-11-25(12-14-26)24-6-3-2-4-7-24)34(41)37-19-17-30-32(37)31(39)22-38(30)46(43,44)28-8-5-18-36(42)21-28/h2-16,18,21,29-30,32H,17,19-20,22H2,1H3,(H,35,40). The molecule has 3 heterocycles. The molecule has 3 atom stereocenters. The fraction of sp³-hybridized carbons (Fsp3) is 0.235. The van der Waals surface area contributed by atoms with E-state index in [2.05, 4.69) is 5.32 Å². The molecule has 4 aromatic rings. The van der Waals surface area contributed by atoms with Crippen LogP contribution in [-0.4, -0.2) is 73.5 Å². The van der Waals surface area contributed by atoms with Crippen molar-refractivity contribution in [2.24, 2.45) is 0 Å². The molecule has 0 radical (unpaired) electrons. The van der Waals surface area contributed by atoms with Crippen molar-refractivity contribution in [3.05, 3.63) is 120 Å². The van der Waals surface area contributed by atoms with Crippen LogP contribution in [0.25, 0.3) is 11.1 Å². The van der Waals surface area contributed by atoms with E-state index in [1.807, 2.05) is 42.5 Å². The molecule has 1 N–H and O–H groups in total. The zero-order valence-electron chi connectivity index (χ0n) is 25.0. The summed E-state index contributed by atoms with van der Waals surface area (Å²) in [6.07, 6.45) is 2.48. The van der Waals surface area contributed by atoms with Crippen LogP contribution in [0.4, 0.5) is 0 Å². The number of amides is 2. The second kappa shape index (κ2) is 12.7. The molecule has 3 aromatic carbocycles. The number of hydrogen-bond donors (Lipinski definition) is 1. The van der Waals surface area contributed by atoms with Crippen LogP contribution >= 0.6 is 0 Å². The third-order valence-electron chi connectivity index (χ3n) is 8.47. The Morgan fingerprint density at radius 2 is 1.67 bits per heavy atom. The molecular formula is C34H32N4O7S. The van der Waals surface area contributed by atoms with Crippen molar-refractivity contribution in [1.29, 1.82) is 0 Å². The van der Waals surface area contributed by atoms with Gasteiger partial charge in [0.05, 0.1) is 19.7 Å². The van der Waals surface area contributed by atoms with E-state index in [0.717, 1.165) is 27.2 Å². The Bertz CT molecular complexity index is 1870. The lowest BCUT2D eigenvalue weighted by molar-refractivity contribution is -0.607. The Labute approximate surface area is 266 Å². The van der Waals surface area contributed by atoms with Crippen molar-refractivity contribution >= 4 is 27.6 Å². The number of methoxy groups -OCH3 is 1. The van der Waals surface area contributed by atoms with E-state index >= 15 is 0 Å². The zero-order valence-corrected chi connectivity index (χ0v) is 25.8. The summed E-state index contributed by atoms with van der Waals surface area (Å²) < 4.78 is 33.6. The first-order chi connectivity index (χ1) is 22.2. The number of benzene rings is 3. The van der Waals surface area contributed by atoms with Gasteiger partial charge in [-0.05, 0) is 53.4 Å². The van der Waals surface area contributed by atoms with Gasteiger partial charge < -0.3 is 20.2 Å². The van der Waals surface area contributed by atoms with Crippen LogP contribution in [0.2, 0.25) is 0 Å². The molecule has 46 heavy (non-hydrogen) atoms. The minimum absolute atomic E-state index is 0.128. The lowest BCUT2D eigenvalue weighted by Gasteiger charge is -2.28. The number of ether oxygens (including phenoxy) is 1. The van der Waals surface area contributed by atoms with Gasteiger partial charge in [0.1, 0.15) is 22.7 Å². The minimum atomic E-state index is -4.18. The van der Waals surface area contributed by atoms with Crippen LogP contribution < -0.4 is 14.8 Å². The van der Waals surface area contributed by atoms with E-state index in [4.69, 9.17) is 4.74 Å². The Kier molecular flexibility index (Phi) is 8.57. The summed E-state index contributed by atoms with van der Waals surface area (Å²) in [6.45, 7) is -0.290. The predicted octanol–water partition coefficient (Wildman–Crippen LogP) is 2.58. The largest absolute Gasteiger partial charge is 0.619 e. The average Bonchev–Trinajstić information content (AvgIpc) is 3.66. The van der Waals surface area contributed by atoms with Gasteiger partial charge in [-0.2, -0.15) is 9.04 Å². The molecule has 2 amide bonds. The summed E-state index contributed by atoms with van der Waals surface area (Å²) in [4.78, 5) is 42.1. The number of sulfonamides is 1. The minimum Gasteiger partial charge on any atom is -0.619 e. The van der Waals surface area contributed by atoms with E-state index in [1.54, 1.807) is 43.5 Å². The van der Waals surface area contributed by atoms with Gasteiger partial charge in [-0.25, -0.2) is 8.42 Å². The Morgan fingerprint density at radius 1 is 0.978 bits per heavy atom.